The molecule has 6 heteroatoms. The number of halogens is 1. The van der Waals surface area contributed by atoms with E-state index in [4.69, 9.17) is 5.11 Å². The molecule has 0 aliphatic carbocycles. The number of fused-ring (bicyclic) bond motifs is 2. The van der Waals surface area contributed by atoms with Crippen LogP contribution in [-0.4, -0.2) is 46.1 Å². The highest BCUT2D eigenvalue weighted by Gasteiger charge is 2.36. The molecule has 5 nitrogen and oxygen atoms in total. The SMILES string of the molecule is CN1C2CCCC1CC(Nc1ncc(F)cc1C(=O)O)C2. The number of hydrogen-bond acceptors (Lipinski definition) is 4. The van der Waals surface area contributed by atoms with Gasteiger partial charge in [-0.2, -0.15) is 0 Å². The summed E-state index contributed by atoms with van der Waals surface area (Å²) in [7, 11) is 2.17. The summed E-state index contributed by atoms with van der Waals surface area (Å²) in [4.78, 5) is 17.6. The van der Waals surface area contributed by atoms with Crippen molar-refractivity contribution in [3.63, 3.8) is 0 Å². The van der Waals surface area contributed by atoms with Gasteiger partial charge in [-0.15, -0.1) is 0 Å². The number of anilines is 1. The third-order valence-electron chi connectivity index (χ3n) is 4.77. The van der Waals surface area contributed by atoms with Crippen molar-refractivity contribution in [1.29, 1.82) is 0 Å². The number of carboxylic acid groups (broad SMARTS) is 1. The summed E-state index contributed by atoms with van der Waals surface area (Å²) in [5.41, 5.74) is -0.0981. The lowest BCUT2D eigenvalue weighted by atomic mass is 9.82. The molecular weight excluding hydrogens is 273 g/mol. The Hall–Kier alpha value is -1.69. The summed E-state index contributed by atoms with van der Waals surface area (Å²) < 4.78 is 13.2. The molecular formula is C15H20FN3O2. The van der Waals surface area contributed by atoms with Crippen LogP contribution in [0.5, 0.6) is 0 Å². The molecule has 2 atom stereocenters. The maximum Gasteiger partial charge on any atom is 0.339 e. The topological polar surface area (TPSA) is 65.5 Å². The maximum atomic E-state index is 13.2. The lowest BCUT2D eigenvalue weighted by Gasteiger charge is -2.47. The summed E-state index contributed by atoms with van der Waals surface area (Å²) >= 11 is 0. The fourth-order valence-corrected chi connectivity index (χ4v) is 3.64. The molecule has 0 amide bonds. The van der Waals surface area contributed by atoms with Crippen LogP contribution in [0.1, 0.15) is 42.5 Å². The Morgan fingerprint density at radius 2 is 2.10 bits per heavy atom. The summed E-state index contributed by atoms with van der Waals surface area (Å²) in [5.74, 6) is -1.51. The van der Waals surface area contributed by atoms with E-state index in [1.165, 1.54) is 19.3 Å². The summed E-state index contributed by atoms with van der Waals surface area (Å²) in [6, 6.07) is 2.31. The van der Waals surface area contributed by atoms with E-state index in [-0.39, 0.29) is 17.4 Å². The lowest BCUT2D eigenvalue weighted by molar-refractivity contribution is 0.0606. The van der Waals surface area contributed by atoms with Gasteiger partial charge in [-0.25, -0.2) is 14.2 Å². The van der Waals surface area contributed by atoms with E-state index in [9.17, 15) is 9.18 Å². The molecule has 2 saturated heterocycles. The number of piperidine rings is 2. The highest BCUT2D eigenvalue weighted by Crippen LogP contribution is 2.34. The minimum Gasteiger partial charge on any atom is -0.478 e. The number of nitrogens with zero attached hydrogens (tertiary/aromatic N) is 2. The molecule has 2 N–H and O–H groups in total. The molecule has 2 fully saturated rings. The van der Waals surface area contributed by atoms with Crippen molar-refractivity contribution in [1.82, 2.24) is 9.88 Å². The van der Waals surface area contributed by atoms with Gasteiger partial charge in [0, 0.05) is 18.1 Å². The smallest absolute Gasteiger partial charge is 0.339 e. The van der Waals surface area contributed by atoms with Gasteiger partial charge in [0.1, 0.15) is 17.2 Å². The normalized spacial score (nSPS) is 29.1. The fourth-order valence-electron chi connectivity index (χ4n) is 3.64. The van der Waals surface area contributed by atoms with Crippen molar-refractivity contribution in [3.05, 3.63) is 23.6 Å². The lowest BCUT2D eigenvalue weighted by Crippen LogP contribution is -2.52. The van der Waals surface area contributed by atoms with Crippen molar-refractivity contribution >= 4 is 11.8 Å². The number of aromatic carboxylic acids is 1. The highest BCUT2D eigenvalue weighted by atomic mass is 19.1. The van der Waals surface area contributed by atoms with Crippen LogP contribution < -0.4 is 5.32 Å². The van der Waals surface area contributed by atoms with Crippen LogP contribution in [0.15, 0.2) is 12.3 Å². The molecule has 0 radical (unpaired) electrons. The molecule has 2 aliphatic rings. The quantitative estimate of drug-likeness (QED) is 0.895. The predicted molar refractivity (Wildman–Crippen MR) is 77.0 cm³/mol. The van der Waals surface area contributed by atoms with Gasteiger partial charge in [0.15, 0.2) is 0 Å². The fraction of sp³-hybridized carbons (Fsp3) is 0.600. The number of aromatic nitrogens is 1. The van der Waals surface area contributed by atoms with Crippen LogP contribution in [0.4, 0.5) is 10.2 Å². The van der Waals surface area contributed by atoms with Gasteiger partial charge < -0.3 is 15.3 Å². The number of rotatable bonds is 3. The van der Waals surface area contributed by atoms with Gasteiger partial charge in [-0.05, 0) is 38.8 Å². The molecule has 3 rings (SSSR count). The first kappa shape index (κ1) is 14.3. The molecule has 1 aromatic rings. The van der Waals surface area contributed by atoms with Gasteiger partial charge in [-0.3, -0.25) is 0 Å². The Bertz CT molecular complexity index is 538. The molecule has 2 aliphatic heterocycles. The van der Waals surface area contributed by atoms with Gasteiger partial charge in [0.2, 0.25) is 0 Å². The van der Waals surface area contributed by atoms with E-state index >= 15 is 0 Å². The summed E-state index contributed by atoms with van der Waals surface area (Å²) in [6.07, 6.45) is 6.66. The molecule has 1 aromatic heterocycles. The van der Waals surface area contributed by atoms with E-state index in [1.54, 1.807) is 0 Å². The van der Waals surface area contributed by atoms with Crippen LogP contribution in [0.3, 0.4) is 0 Å². The summed E-state index contributed by atoms with van der Waals surface area (Å²) in [6.45, 7) is 0. The second kappa shape index (κ2) is 5.60. The van der Waals surface area contributed by atoms with Crippen molar-refractivity contribution in [2.45, 2.75) is 50.2 Å². The number of nitrogens with one attached hydrogen (secondary N) is 1. The van der Waals surface area contributed by atoms with E-state index in [0.717, 1.165) is 25.1 Å². The number of carboxylic acids is 1. The first-order valence-corrected chi connectivity index (χ1v) is 7.42. The van der Waals surface area contributed by atoms with Crippen LogP contribution in [0.2, 0.25) is 0 Å². The zero-order valence-electron chi connectivity index (χ0n) is 12.1. The Morgan fingerprint density at radius 1 is 1.43 bits per heavy atom. The highest BCUT2D eigenvalue weighted by molar-refractivity contribution is 5.93. The first-order chi connectivity index (χ1) is 10.0. The second-order valence-electron chi connectivity index (χ2n) is 6.07. The van der Waals surface area contributed by atoms with E-state index in [0.29, 0.717) is 12.1 Å². The molecule has 2 unspecified atom stereocenters. The molecule has 0 saturated carbocycles. The van der Waals surface area contributed by atoms with Crippen molar-refractivity contribution in [2.75, 3.05) is 12.4 Å². The molecule has 21 heavy (non-hydrogen) atoms. The number of hydrogen-bond donors (Lipinski definition) is 2. The van der Waals surface area contributed by atoms with Crippen LogP contribution >= 0.6 is 0 Å². The van der Waals surface area contributed by atoms with E-state index < -0.39 is 11.8 Å². The van der Waals surface area contributed by atoms with Crippen molar-refractivity contribution < 1.29 is 14.3 Å². The molecule has 3 heterocycles. The second-order valence-corrected chi connectivity index (χ2v) is 6.07. The van der Waals surface area contributed by atoms with Gasteiger partial charge in [-0.1, -0.05) is 6.42 Å². The van der Waals surface area contributed by atoms with Crippen LogP contribution in [0, 0.1) is 5.82 Å². The third-order valence-corrected chi connectivity index (χ3v) is 4.77. The molecule has 2 bridgehead atoms. The number of pyridine rings is 1. The standard InChI is InChI=1S/C15H20FN3O2/c1-19-11-3-2-4-12(19)7-10(6-11)18-14-13(15(20)21)5-9(16)8-17-14/h5,8,10-12H,2-4,6-7H2,1H3,(H,17,18)(H,20,21). The van der Waals surface area contributed by atoms with Crippen LogP contribution in [0.25, 0.3) is 0 Å². The molecule has 0 spiro atoms. The summed E-state index contributed by atoms with van der Waals surface area (Å²) in [5, 5.41) is 12.4. The zero-order valence-corrected chi connectivity index (χ0v) is 12.1. The van der Waals surface area contributed by atoms with Crippen LogP contribution in [-0.2, 0) is 0 Å². The largest absolute Gasteiger partial charge is 0.478 e. The Kier molecular flexibility index (Phi) is 3.80. The average molecular weight is 293 g/mol. The molecule has 114 valence electrons. The Labute approximate surface area is 123 Å². The van der Waals surface area contributed by atoms with Gasteiger partial charge in [0.25, 0.3) is 0 Å². The predicted octanol–water partition coefficient (Wildman–Crippen LogP) is 2.35. The zero-order chi connectivity index (χ0) is 15.0. The van der Waals surface area contributed by atoms with Gasteiger partial charge in [0.05, 0.1) is 6.20 Å². The Balaban J connectivity index is 1.77. The minimum absolute atomic E-state index is 0.0981. The maximum absolute atomic E-state index is 13.2. The average Bonchev–Trinajstić information content (AvgIpc) is 2.41. The number of carbonyl (C=O) groups is 1. The van der Waals surface area contributed by atoms with E-state index in [2.05, 4.69) is 22.2 Å². The van der Waals surface area contributed by atoms with Crippen molar-refractivity contribution in [3.8, 4) is 0 Å². The Morgan fingerprint density at radius 3 is 2.71 bits per heavy atom. The third kappa shape index (κ3) is 2.85. The first-order valence-electron chi connectivity index (χ1n) is 7.42. The van der Waals surface area contributed by atoms with E-state index in [1.807, 2.05) is 0 Å². The monoisotopic (exact) mass is 293 g/mol. The van der Waals surface area contributed by atoms with Crippen molar-refractivity contribution in [2.24, 2.45) is 0 Å². The minimum atomic E-state index is -1.15. The molecule has 0 aromatic carbocycles. The van der Waals surface area contributed by atoms with Gasteiger partial charge >= 0.3 is 5.97 Å².